The normalized spacial score (nSPS) is 9.47. The van der Waals surface area contributed by atoms with E-state index in [0.717, 1.165) is 5.56 Å². The Kier molecular flexibility index (Phi) is 3.85. The Hall–Kier alpha value is -1.84. The van der Waals surface area contributed by atoms with Crippen LogP contribution in [0.15, 0.2) is 24.3 Å². The molecule has 0 bridgehead atoms. The Morgan fingerprint density at radius 3 is 2.73 bits per heavy atom. The standard InChI is InChI=1S/C11H13NO3/c1-8(13)12-10-5-3-4-9(6-10)7-11(14)15-2/h3-6H,7H2,1-2H3,(H,12,13). The van der Waals surface area contributed by atoms with Crippen molar-refractivity contribution in [1.29, 1.82) is 0 Å². The fourth-order valence-corrected chi connectivity index (χ4v) is 1.20. The summed E-state index contributed by atoms with van der Waals surface area (Å²) >= 11 is 0. The molecule has 0 aliphatic rings. The van der Waals surface area contributed by atoms with Gasteiger partial charge in [0.05, 0.1) is 13.5 Å². The number of hydrogen-bond acceptors (Lipinski definition) is 3. The van der Waals surface area contributed by atoms with Crippen molar-refractivity contribution in [3.8, 4) is 0 Å². The third-order valence-corrected chi connectivity index (χ3v) is 1.82. The summed E-state index contributed by atoms with van der Waals surface area (Å²) in [5.41, 5.74) is 1.50. The number of rotatable bonds is 3. The van der Waals surface area contributed by atoms with E-state index in [0.29, 0.717) is 5.69 Å². The fourth-order valence-electron chi connectivity index (χ4n) is 1.20. The minimum Gasteiger partial charge on any atom is -0.469 e. The highest BCUT2D eigenvalue weighted by Gasteiger charge is 2.03. The number of amides is 1. The van der Waals surface area contributed by atoms with Crippen molar-refractivity contribution < 1.29 is 14.3 Å². The van der Waals surface area contributed by atoms with Crippen LogP contribution in [0.3, 0.4) is 0 Å². The maximum Gasteiger partial charge on any atom is 0.309 e. The first kappa shape index (κ1) is 11.2. The van der Waals surface area contributed by atoms with E-state index in [1.54, 1.807) is 18.2 Å². The molecule has 1 amide bonds. The van der Waals surface area contributed by atoms with Crippen LogP contribution in [0.25, 0.3) is 0 Å². The fraction of sp³-hybridized carbons (Fsp3) is 0.273. The van der Waals surface area contributed by atoms with Gasteiger partial charge in [0.2, 0.25) is 5.91 Å². The van der Waals surface area contributed by atoms with E-state index in [4.69, 9.17) is 0 Å². The molecule has 1 aromatic carbocycles. The molecule has 0 atom stereocenters. The molecule has 0 unspecified atom stereocenters. The summed E-state index contributed by atoms with van der Waals surface area (Å²) in [7, 11) is 1.35. The number of carbonyl (C=O) groups excluding carboxylic acids is 2. The van der Waals surface area contributed by atoms with Gasteiger partial charge in [-0.05, 0) is 17.7 Å². The van der Waals surface area contributed by atoms with E-state index in [9.17, 15) is 9.59 Å². The second-order valence-corrected chi connectivity index (χ2v) is 3.13. The summed E-state index contributed by atoms with van der Waals surface area (Å²) in [5, 5.41) is 2.65. The van der Waals surface area contributed by atoms with Crippen molar-refractivity contribution in [2.24, 2.45) is 0 Å². The molecule has 4 heteroatoms. The SMILES string of the molecule is COC(=O)Cc1cccc(NC(C)=O)c1. The molecule has 0 aliphatic carbocycles. The highest BCUT2D eigenvalue weighted by molar-refractivity contribution is 5.88. The number of esters is 1. The van der Waals surface area contributed by atoms with Gasteiger partial charge in [0, 0.05) is 12.6 Å². The van der Waals surface area contributed by atoms with Gasteiger partial charge in [-0.25, -0.2) is 0 Å². The van der Waals surface area contributed by atoms with Crippen LogP contribution in [0.2, 0.25) is 0 Å². The zero-order valence-electron chi connectivity index (χ0n) is 8.74. The molecule has 4 nitrogen and oxygen atoms in total. The lowest BCUT2D eigenvalue weighted by atomic mass is 10.1. The van der Waals surface area contributed by atoms with Gasteiger partial charge in [0.25, 0.3) is 0 Å². The monoisotopic (exact) mass is 207 g/mol. The molecule has 0 radical (unpaired) electrons. The van der Waals surface area contributed by atoms with Gasteiger partial charge < -0.3 is 10.1 Å². The van der Waals surface area contributed by atoms with Crippen LogP contribution in [-0.4, -0.2) is 19.0 Å². The van der Waals surface area contributed by atoms with Crippen molar-refractivity contribution in [3.05, 3.63) is 29.8 Å². The summed E-state index contributed by atoms with van der Waals surface area (Å²) in [6, 6.07) is 7.10. The molecule has 0 aromatic heterocycles. The average Bonchev–Trinajstić information content (AvgIpc) is 2.17. The quantitative estimate of drug-likeness (QED) is 0.761. The number of hydrogen-bond donors (Lipinski definition) is 1. The molecule has 15 heavy (non-hydrogen) atoms. The summed E-state index contributed by atoms with van der Waals surface area (Å²) in [6.45, 7) is 1.44. The zero-order chi connectivity index (χ0) is 11.3. The number of benzene rings is 1. The number of carbonyl (C=O) groups is 2. The van der Waals surface area contributed by atoms with Crippen LogP contribution in [0.5, 0.6) is 0 Å². The maximum absolute atomic E-state index is 11.0. The Morgan fingerprint density at radius 2 is 2.13 bits per heavy atom. The van der Waals surface area contributed by atoms with E-state index in [-0.39, 0.29) is 18.3 Å². The lowest BCUT2D eigenvalue weighted by Crippen LogP contribution is -2.07. The van der Waals surface area contributed by atoms with Gasteiger partial charge in [-0.3, -0.25) is 9.59 Å². The van der Waals surface area contributed by atoms with Crippen LogP contribution in [0, 0.1) is 0 Å². The summed E-state index contributed by atoms with van der Waals surface area (Å²) < 4.78 is 4.55. The first-order chi connectivity index (χ1) is 7.11. The largest absolute Gasteiger partial charge is 0.469 e. The van der Waals surface area contributed by atoms with Crippen molar-refractivity contribution in [2.75, 3.05) is 12.4 Å². The first-order valence-corrected chi connectivity index (χ1v) is 4.55. The summed E-state index contributed by atoms with van der Waals surface area (Å²) in [4.78, 5) is 21.8. The smallest absolute Gasteiger partial charge is 0.309 e. The number of methoxy groups -OCH3 is 1. The topological polar surface area (TPSA) is 55.4 Å². The molecule has 1 aromatic rings. The molecule has 0 heterocycles. The lowest BCUT2D eigenvalue weighted by molar-refractivity contribution is -0.139. The van der Waals surface area contributed by atoms with E-state index in [1.807, 2.05) is 6.07 Å². The van der Waals surface area contributed by atoms with Gasteiger partial charge in [-0.2, -0.15) is 0 Å². The van der Waals surface area contributed by atoms with Crippen LogP contribution in [0.4, 0.5) is 5.69 Å². The second-order valence-electron chi connectivity index (χ2n) is 3.13. The minimum atomic E-state index is -0.296. The van der Waals surface area contributed by atoms with Crippen LogP contribution >= 0.6 is 0 Å². The van der Waals surface area contributed by atoms with E-state index in [1.165, 1.54) is 14.0 Å². The van der Waals surface area contributed by atoms with Gasteiger partial charge >= 0.3 is 5.97 Å². The van der Waals surface area contributed by atoms with E-state index >= 15 is 0 Å². The molecule has 1 N–H and O–H groups in total. The van der Waals surface area contributed by atoms with Crippen LogP contribution < -0.4 is 5.32 Å². The predicted octanol–water partition coefficient (Wildman–Crippen LogP) is 1.36. The Labute approximate surface area is 88.2 Å². The molecule has 0 fully saturated rings. The van der Waals surface area contributed by atoms with Crippen molar-refractivity contribution >= 4 is 17.6 Å². The van der Waals surface area contributed by atoms with Gasteiger partial charge in [-0.15, -0.1) is 0 Å². The molecular weight excluding hydrogens is 194 g/mol. The first-order valence-electron chi connectivity index (χ1n) is 4.55. The maximum atomic E-state index is 11.0. The van der Waals surface area contributed by atoms with Gasteiger partial charge in [0.15, 0.2) is 0 Å². The lowest BCUT2D eigenvalue weighted by Gasteiger charge is -2.04. The molecular formula is C11H13NO3. The summed E-state index contributed by atoms with van der Waals surface area (Å²) in [5.74, 6) is -0.430. The number of anilines is 1. The molecule has 0 spiro atoms. The van der Waals surface area contributed by atoms with Crippen LogP contribution in [0.1, 0.15) is 12.5 Å². The number of nitrogens with one attached hydrogen (secondary N) is 1. The van der Waals surface area contributed by atoms with Gasteiger partial charge in [0.1, 0.15) is 0 Å². The zero-order valence-corrected chi connectivity index (χ0v) is 8.74. The highest BCUT2D eigenvalue weighted by Crippen LogP contribution is 2.11. The Morgan fingerprint density at radius 1 is 1.40 bits per heavy atom. The van der Waals surface area contributed by atoms with Crippen molar-refractivity contribution in [2.45, 2.75) is 13.3 Å². The average molecular weight is 207 g/mol. The third kappa shape index (κ3) is 3.81. The predicted molar refractivity (Wildman–Crippen MR) is 56.5 cm³/mol. The Bertz CT molecular complexity index is 374. The van der Waals surface area contributed by atoms with Crippen molar-refractivity contribution in [3.63, 3.8) is 0 Å². The second kappa shape index (κ2) is 5.14. The van der Waals surface area contributed by atoms with Gasteiger partial charge in [-0.1, -0.05) is 12.1 Å². The molecule has 0 aliphatic heterocycles. The molecule has 0 saturated heterocycles. The third-order valence-electron chi connectivity index (χ3n) is 1.82. The van der Waals surface area contributed by atoms with Crippen molar-refractivity contribution in [1.82, 2.24) is 0 Å². The molecule has 0 saturated carbocycles. The highest BCUT2D eigenvalue weighted by atomic mass is 16.5. The van der Waals surface area contributed by atoms with E-state index in [2.05, 4.69) is 10.1 Å². The van der Waals surface area contributed by atoms with Crippen LogP contribution in [-0.2, 0) is 20.7 Å². The molecule has 80 valence electrons. The molecule has 1 rings (SSSR count). The Balaban J connectivity index is 2.74. The van der Waals surface area contributed by atoms with E-state index < -0.39 is 0 Å². The summed E-state index contributed by atoms with van der Waals surface area (Å²) in [6.07, 6.45) is 0.212. The number of ether oxygens (including phenoxy) is 1. The minimum absolute atomic E-state index is 0.134.